The number of nitrogens with zero attached hydrogens (tertiary/aromatic N) is 2. The van der Waals surface area contributed by atoms with Gasteiger partial charge < -0.3 is 13.2 Å². The average molecular weight is 448 g/mol. The van der Waals surface area contributed by atoms with E-state index in [1.807, 2.05) is 24.4 Å². The van der Waals surface area contributed by atoms with Gasteiger partial charge in [0, 0.05) is 22.5 Å². The number of aromatic nitrogens is 2. The molecule has 4 heteroatoms. The maximum Gasteiger partial charge on any atom is 0.161 e. The van der Waals surface area contributed by atoms with E-state index in [0.717, 1.165) is 82.5 Å². The van der Waals surface area contributed by atoms with Crippen molar-refractivity contribution in [2.45, 2.75) is 0 Å². The molecule has 0 aliphatic carbocycles. The highest BCUT2D eigenvalue weighted by Crippen LogP contribution is 2.47. The molecule has 0 fully saturated rings. The van der Waals surface area contributed by atoms with Crippen LogP contribution in [0.1, 0.15) is 0 Å². The molecule has 0 aliphatic rings. The Labute approximate surface area is 197 Å². The van der Waals surface area contributed by atoms with Crippen LogP contribution in [0.4, 0.5) is 0 Å². The van der Waals surface area contributed by atoms with Crippen LogP contribution in [0.5, 0.6) is 0 Å². The van der Waals surface area contributed by atoms with Gasteiger partial charge in [-0.1, -0.05) is 42.5 Å². The molecule has 0 N–H and O–H groups in total. The fraction of sp³-hybridized carbons (Fsp3) is 0. The van der Waals surface area contributed by atoms with Crippen molar-refractivity contribution in [3.8, 4) is 11.3 Å². The third-order valence-electron chi connectivity index (χ3n) is 7.40. The zero-order chi connectivity index (χ0) is 22.7. The van der Waals surface area contributed by atoms with Gasteiger partial charge in [-0.15, -0.1) is 0 Å². The van der Waals surface area contributed by atoms with E-state index in [9.17, 15) is 0 Å². The minimum Gasteiger partial charge on any atom is -0.456 e. The van der Waals surface area contributed by atoms with Gasteiger partial charge in [-0.3, -0.25) is 4.98 Å². The number of hydrogen-bond donors (Lipinski definition) is 0. The van der Waals surface area contributed by atoms with Crippen molar-refractivity contribution in [2.75, 3.05) is 0 Å². The molecule has 35 heavy (non-hydrogen) atoms. The van der Waals surface area contributed by atoms with E-state index in [2.05, 4.69) is 82.2 Å². The van der Waals surface area contributed by atoms with E-state index in [0.29, 0.717) is 0 Å². The summed E-state index contributed by atoms with van der Waals surface area (Å²) in [4.78, 5) is 4.64. The molecule has 5 heterocycles. The van der Waals surface area contributed by atoms with Gasteiger partial charge in [0.05, 0.1) is 27.5 Å². The summed E-state index contributed by atoms with van der Waals surface area (Å²) >= 11 is 0. The van der Waals surface area contributed by atoms with Gasteiger partial charge >= 0.3 is 0 Å². The molecule has 4 aromatic carbocycles. The lowest BCUT2D eigenvalue weighted by molar-refractivity contribution is 0.669. The van der Waals surface area contributed by atoms with Crippen LogP contribution in [0.15, 0.2) is 106 Å². The minimum absolute atomic E-state index is 0.863. The Bertz CT molecular complexity index is 2270. The molecule has 0 bridgehead atoms. The summed E-state index contributed by atoms with van der Waals surface area (Å²) in [7, 11) is 0. The summed E-state index contributed by atoms with van der Waals surface area (Å²) in [5.41, 5.74) is 8.77. The maximum atomic E-state index is 6.79. The van der Waals surface area contributed by atoms with E-state index >= 15 is 0 Å². The summed E-state index contributed by atoms with van der Waals surface area (Å²) in [6.07, 6.45) is 1.83. The van der Waals surface area contributed by atoms with Gasteiger partial charge in [0.1, 0.15) is 22.3 Å². The maximum absolute atomic E-state index is 6.79. The quantitative estimate of drug-likeness (QED) is 0.253. The van der Waals surface area contributed by atoms with Gasteiger partial charge in [0.2, 0.25) is 0 Å². The van der Waals surface area contributed by atoms with E-state index < -0.39 is 0 Å². The second-order valence-electron chi connectivity index (χ2n) is 9.14. The second-order valence-corrected chi connectivity index (χ2v) is 9.14. The molecule has 0 radical (unpaired) electrons. The first-order valence-electron chi connectivity index (χ1n) is 11.7. The standard InChI is InChI=1S/C31H16N2O2/c1-2-10-22-20(7-1)31-29-27-18(14-15-19(30(27)35-31)21-9-3-4-16-32-21)17-8-5-12-24-26(17)28-23(33(22)29)11-6-13-25(28)34-24/h1-16H. The van der Waals surface area contributed by atoms with Crippen LogP contribution in [-0.2, 0) is 0 Å². The number of fused-ring (bicyclic) bond motifs is 5. The van der Waals surface area contributed by atoms with E-state index in [-0.39, 0.29) is 0 Å². The topological polar surface area (TPSA) is 43.6 Å². The van der Waals surface area contributed by atoms with Gasteiger partial charge in [-0.05, 0) is 59.3 Å². The highest BCUT2D eigenvalue weighted by molar-refractivity contribution is 6.32. The van der Waals surface area contributed by atoms with Crippen LogP contribution in [0.2, 0.25) is 0 Å². The summed E-state index contributed by atoms with van der Waals surface area (Å²) in [5, 5.41) is 6.78. The van der Waals surface area contributed by atoms with Crippen molar-refractivity contribution in [3.63, 3.8) is 0 Å². The molecule has 162 valence electrons. The van der Waals surface area contributed by atoms with Crippen LogP contribution in [0.25, 0.3) is 82.5 Å². The largest absolute Gasteiger partial charge is 0.456 e. The molecule has 0 unspecified atom stereocenters. The number of rotatable bonds is 1. The Balaban J connectivity index is 1.71. The number of para-hydroxylation sites is 1. The summed E-state index contributed by atoms with van der Waals surface area (Å²) < 4.78 is 15.5. The van der Waals surface area contributed by atoms with Gasteiger partial charge in [-0.25, -0.2) is 0 Å². The highest BCUT2D eigenvalue weighted by Gasteiger charge is 2.24. The van der Waals surface area contributed by atoms with Gasteiger partial charge in [-0.2, -0.15) is 0 Å². The zero-order valence-electron chi connectivity index (χ0n) is 18.4. The predicted octanol–water partition coefficient (Wildman–Crippen LogP) is 8.54. The zero-order valence-corrected chi connectivity index (χ0v) is 18.4. The van der Waals surface area contributed by atoms with E-state index in [1.54, 1.807) is 0 Å². The van der Waals surface area contributed by atoms with Gasteiger partial charge in [0.15, 0.2) is 5.58 Å². The molecular weight excluding hydrogens is 432 g/mol. The van der Waals surface area contributed by atoms with Crippen molar-refractivity contribution in [2.24, 2.45) is 0 Å². The molecule has 0 saturated carbocycles. The lowest BCUT2D eigenvalue weighted by Gasteiger charge is -2.09. The number of benzene rings is 4. The molecule has 0 saturated heterocycles. The van der Waals surface area contributed by atoms with Crippen molar-refractivity contribution >= 4 is 71.2 Å². The Morgan fingerprint density at radius 3 is 2.23 bits per heavy atom. The predicted molar refractivity (Wildman–Crippen MR) is 141 cm³/mol. The second kappa shape index (κ2) is 5.99. The van der Waals surface area contributed by atoms with Crippen LogP contribution < -0.4 is 0 Å². The minimum atomic E-state index is 0.863. The third-order valence-corrected chi connectivity index (χ3v) is 7.40. The molecule has 4 nitrogen and oxygen atoms in total. The molecule has 0 aliphatic heterocycles. The monoisotopic (exact) mass is 448 g/mol. The normalized spacial score (nSPS) is 12.6. The molecular formula is C31H16N2O2. The molecule has 0 atom stereocenters. The number of hydrogen-bond acceptors (Lipinski definition) is 3. The smallest absolute Gasteiger partial charge is 0.161 e. The Morgan fingerprint density at radius 1 is 0.543 bits per heavy atom. The average Bonchev–Trinajstić information content (AvgIpc) is 3.56. The van der Waals surface area contributed by atoms with Gasteiger partial charge in [0.25, 0.3) is 0 Å². The fourth-order valence-corrected chi connectivity index (χ4v) is 6.02. The lowest BCUT2D eigenvalue weighted by atomic mass is 9.98. The van der Waals surface area contributed by atoms with Crippen LogP contribution >= 0.6 is 0 Å². The molecule has 0 spiro atoms. The first-order valence-corrected chi connectivity index (χ1v) is 11.7. The van der Waals surface area contributed by atoms with Crippen molar-refractivity contribution in [1.82, 2.24) is 9.38 Å². The van der Waals surface area contributed by atoms with Crippen LogP contribution in [0, 0.1) is 0 Å². The Hall–Kier alpha value is -4.83. The number of furan rings is 2. The van der Waals surface area contributed by atoms with E-state index in [1.165, 1.54) is 0 Å². The van der Waals surface area contributed by atoms with Crippen molar-refractivity contribution in [1.29, 1.82) is 0 Å². The summed E-state index contributed by atoms with van der Waals surface area (Å²) in [6, 6.07) is 31.5. The Kier molecular flexibility index (Phi) is 3.01. The fourth-order valence-electron chi connectivity index (χ4n) is 6.02. The Morgan fingerprint density at radius 2 is 1.31 bits per heavy atom. The van der Waals surface area contributed by atoms with Crippen molar-refractivity contribution in [3.05, 3.63) is 97.2 Å². The van der Waals surface area contributed by atoms with Crippen molar-refractivity contribution < 1.29 is 8.83 Å². The highest BCUT2D eigenvalue weighted by atomic mass is 16.3. The molecule has 0 amide bonds. The first-order chi connectivity index (χ1) is 17.4. The summed E-state index contributed by atoms with van der Waals surface area (Å²) in [6.45, 7) is 0. The number of pyridine rings is 1. The summed E-state index contributed by atoms with van der Waals surface area (Å²) in [5.74, 6) is 0. The lowest BCUT2D eigenvalue weighted by Crippen LogP contribution is -1.89. The van der Waals surface area contributed by atoms with Crippen LogP contribution in [-0.4, -0.2) is 9.38 Å². The van der Waals surface area contributed by atoms with E-state index in [4.69, 9.17) is 8.83 Å². The van der Waals surface area contributed by atoms with Crippen LogP contribution in [0.3, 0.4) is 0 Å². The SMILES string of the molecule is c1ccc(-c2ccc3c4cccc5oc6cccc(c6c54)n4c5ccccc5c5oc2c3c54)nc1. The first kappa shape index (κ1) is 17.6. The molecule has 5 aromatic heterocycles. The molecule has 9 aromatic rings. The molecule has 9 rings (SSSR count). The third kappa shape index (κ3) is 2.02.